The molecule has 0 N–H and O–H groups in total. The molecular weight excluding hydrogens is 228 g/mol. The zero-order valence-corrected chi connectivity index (χ0v) is 9.12. The second kappa shape index (κ2) is 5.07. The number of rotatable bonds is 3. The summed E-state index contributed by atoms with van der Waals surface area (Å²) in [6.07, 6.45) is 3.08. The lowest BCUT2D eigenvalue weighted by atomic mass is 10.1. The molecule has 0 spiro atoms. The maximum absolute atomic E-state index is 12.4. The molecule has 1 aromatic heterocycles. The second-order valence-corrected chi connectivity index (χ2v) is 4.15. The zero-order valence-electron chi connectivity index (χ0n) is 8.31. The van der Waals surface area contributed by atoms with Crippen molar-refractivity contribution < 1.29 is 8.78 Å². The van der Waals surface area contributed by atoms with Gasteiger partial charge in [0.25, 0.3) is 5.76 Å². The predicted molar refractivity (Wildman–Crippen MR) is 61.5 cm³/mol. The van der Waals surface area contributed by atoms with E-state index in [2.05, 4.69) is 4.98 Å². The molecule has 1 nitrogen and oxygen atoms in total. The van der Waals surface area contributed by atoms with Crippen LogP contribution in [0.25, 0.3) is 11.1 Å². The molecule has 2 aromatic rings. The fraction of sp³-hybridized carbons (Fsp3) is 0.0833. The summed E-state index contributed by atoms with van der Waals surface area (Å²) < 4.78 is 24.7. The van der Waals surface area contributed by atoms with E-state index >= 15 is 0 Å². The number of thioether (sulfide) groups is 1. The number of hydrogen-bond donors (Lipinski definition) is 0. The summed E-state index contributed by atoms with van der Waals surface area (Å²) in [7, 11) is 0. The minimum absolute atomic E-state index is 0.503. The fourth-order valence-corrected chi connectivity index (χ4v) is 2.05. The van der Waals surface area contributed by atoms with Crippen LogP contribution >= 0.6 is 11.8 Å². The van der Waals surface area contributed by atoms with E-state index in [9.17, 15) is 8.78 Å². The molecule has 0 saturated carbocycles. The standard InChI is InChI=1S/C12H9F2NS/c13-12(14)16-11-8-15-7-6-10(11)9-4-2-1-3-5-9/h1-8,12H. The highest BCUT2D eigenvalue weighted by atomic mass is 32.2. The van der Waals surface area contributed by atoms with Gasteiger partial charge in [-0.15, -0.1) is 0 Å². The van der Waals surface area contributed by atoms with Crippen molar-refractivity contribution in [2.24, 2.45) is 0 Å². The van der Waals surface area contributed by atoms with Crippen LogP contribution in [0.4, 0.5) is 8.78 Å². The summed E-state index contributed by atoms with van der Waals surface area (Å²) in [6.45, 7) is 0. The summed E-state index contributed by atoms with van der Waals surface area (Å²) in [6, 6.07) is 11.2. The summed E-state index contributed by atoms with van der Waals surface area (Å²) in [5.41, 5.74) is 1.72. The van der Waals surface area contributed by atoms with Crippen LogP contribution in [0.15, 0.2) is 53.7 Å². The quantitative estimate of drug-likeness (QED) is 0.746. The third-order valence-electron chi connectivity index (χ3n) is 2.09. The maximum Gasteiger partial charge on any atom is 0.288 e. The summed E-state index contributed by atoms with van der Waals surface area (Å²) >= 11 is 0.524. The molecule has 4 heteroatoms. The van der Waals surface area contributed by atoms with Gasteiger partial charge in [-0.05, 0) is 17.2 Å². The first-order chi connectivity index (χ1) is 7.77. The van der Waals surface area contributed by atoms with Gasteiger partial charge in [-0.3, -0.25) is 4.98 Å². The molecule has 1 aromatic carbocycles. The average Bonchev–Trinajstić information content (AvgIpc) is 2.30. The van der Waals surface area contributed by atoms with Crippen molar-refractivity contribution in [1.82, 2.24) is 4.98 Å². The Balaban J connectivity index is 2.41. The summed E-state index contributed by atoms with van der Waals surface area (Å²) in [5.74, 6) is -2.42. The Morgan fingerprint density at radius 2 is 1.81 bits per heavy atom. The van der Waals surface area contributed by atoms with E-state index in [1.165, 1.54) is 6.20 Å². The first kappa shape index (κ1) is 11.1. The molecule has 0 bridgehead atoms. The molecule has 0 radical (unpaired) electrons. The van der Waals surface area contributed by atoms with Gasteiger partial charge in [0.15, 0.2) is 0 Å². The number of aromatic nitrogens is 1. The van der Waals surface area contributed by atoms with Gasteiger partial charge in [0, 0.05) is 17.3 Å². The molecule has 0 fully saturated rings. The Kier molecular flexibility index (Phi) is 3.51. The Morgan fingerprint density at radius 1 is 1.06 bits per heavy atom. The van der Waals surface area contributed by atoms with Gasteiger partial charge >= 0.3 is 0 Å². The molecule has 0 saturated heterocycles. The van der Waals surface area contributed by atoms with E-state index in [1.54, 1.807) is 12.3 Å². The number of hydrogen-bond acceptors (Lipinski definition) is 2. The van der Waals surface area contributed by atoms with Crippen LogP contribution in [0.1, 0.15) is 0 Å². The smallest absolute Gasteiger partial charge is 0.264 e. The number of alkyl halides is 2. The first-order valence-corrected chi connectivity index (χ1v) is 5.59. The molecule has 1 heterocycles. The molecule has 0 atom stereocenters. The Morgan fingerprint density at radius 3 is 2.50 bits per heavy atom. The van der Waals surface area contributed by atoms with Crippen LogP contribution in [-0.4, -0.2) is 10.7 Å². The van der Waals surface area contributed by atoms with Gasteiger partial charge in [0.1, 0.15) is 0 Å². The van der Waals surface area contributed by atoms with Crippen molar-refractivity contribution in [2.75, 3.05) is 0 Å². The molecule has 0 unspecified atom stereocenters. The van der Waals surface area contributed by atoms with Gasteiger partial charge in [0.2, 0.25) is 0 Å². The lowest BCUT2D eigenvalue weighted by Gasteiger charge is -2.07. The molecule has 0 amide bonds. The van der Waals surface area contributed by atoms with Gasteiger partial charge in [0.05, 0.1) is 0 Å². The average molecular weight is 237 g/mol. The number of nitrogens with zero attached hydrogens (tertiary/aromatic N) is 1. The highest BCUT2D eigenvalue weighted by molar-refractivity contribution is 7.99. The molecule has 0 aliphatic carbocycles. The summed E-state index contributed by atoms with van der Waals surface area (Å²) in [4.78, 5) is 4.37. The molecule has 2 rings (SSSR count). The van der Waals surface area contributed by atoms with Crippen LogP contribution in [0.2, 0.25) is 0 Å². The van der Waals surface area contributed by atoms with Gasteiger partial charge in [-0.25, -0.2) is 0 Å². The van der Waals surface area contributed by atoms with E-state index in [0.717, 1.165) is 11.1 Å². The highest BCUT2D eigenvalue weighted by Crippen LogP contribution is 2.33. The van der Waals surface area contributed by atoms with E-state index < -0.39 is 5.76 Å². The number of benzene rings is 1. The number of halogens is 2. The van der Waals surface area contributed by atoms with Gasteiger partial charge in [-0.2, -0.15) is 8.78 Å². The lowest BCUT2D eigenvalue weighted by molar-refractivity contribution is 0.252. The normalized spacial score (nSPS) is 10.7. The van der Waals surface area contributed by atoms with Crippen molar-refractivity contribution in [2.45, 2.75) is 10.7 Å². The Hall–Kier alpha value is -1.42. The third-order valence-corrected chi connectivity index (χ3v) is 2.84. The molecular formula is C12H9F2NS. The largest absolute Gasteiger partial charge is 0.288 e. The third kappa shape index (κ3) is 2.58. The fourth-order valence-electron chi connectivity index (χ4n) is 1.43. The highest BCUT2D eigenvalue weighted by Gasteiger charge is 2.10. The first-order valence-electron chi connectivity index (χ1n) is 4.71. The van der Waals surface area contributed by atoms with Crippen molar-refractivity contribution in [3.63, 3.8) is 0 Å². The van der Waals surface area contributed by atoms with Gasteiger partial charge in [-0.1, -0.05) is 42.1 Å². The van der Waals surface area contributed by atoms with Crippen molar-refractivity contribution in [3.05, 3.63) is 48.8 Å². The Labute approximate surface area is 96.5 Å². The molecule has 0 aliphatic rings. The predicted octanol–water partition coefficient (Wildman–Crippen LogP) is 4.06. The van der Waals surface area contributed by atoms with E-state index in [-0.39, 0.29) is 0 Å². The monoisotopic (exact) mass is 237 g/mol. The van der Waals surface area contributed by atoms with Crippen LogP contribution < -0.4 is 0 Å². The van der Waals surface area contributed by atoms with Crippen LogP contribution in [0.3, 0.4) is 0 Å². The zero-order chi connectivity index (χ0) is 11.4. The van der Waals surface area contributed by atoms with Crippen molar-refractivity contribution >= 4 is 11.8 Å². The minimum Gasteiger partial charge on any atom is -0.264 e. The number of pyridine rings is 1. The van der Waals surface area contributed by atoms with E-state index in [1.807, 2.05) is 30.3 Å². The van der Waals surface area contributed by atoms with Crippen molar-refractivity contribution in [1.29, 1.82) is 0 Å². The minimum atomic E-state index is -2.42. The van der Waals surface area contributed by atoms with Crippen LogP contribution in [0.5, 0.6) is 0 Å². The molecule has 16 heavy (non-hydrogen) atoms. The van der Waals surface area contributed by atoms with Crippen molar-refractivity contribution in [3.8, 4) is 11.1 Å². The Bertz CT molecular complexity index is 460. The molecule has 82 valence electrons. The topological polar surface area (TPSA) is 12.9 Å². The molecule has 0 aliphatic heterocycles. The van der Waals surface area contributed by atoms with Crippen LogP contribution in [-0.2, 0) is 0 Å². The van der Waals surface area contributed by atoms with E-state index in [0.29, 0.717) is 16.7 Å². The van der Waals surface area contributed by atoms with E-state index in [4.69, 9.17) is 0 Å². The van der Waals surface area contributed by atoms with Crippen LogP contribution in [0, 0.1) is 0 Å². The summed E-state index contributed by atoms with van der Waals surface area (Å²) in [5, 5.41) is 0. The second-order valence-electron chi connectivity index (χ2n) is 3.12. The lowest BCUT2D eigenvalue weighted by Crippen LogP contribution is -1.87. The SMILES string of the molecule is FC(F)Sc1cnccc1-c1ccccc1. The maximum atomic E-state index is 12.4. The van der Waals surface area contributed by atoms with Gasteiger partial charge < -0.3 is 0 Å².